The summed E-state index contributed by atoms with van der Waals surface area (Å²) in [5.74, 6) is -1.48. The molecule has 2 aromatic rings. The van der Waals surface area contributed by atoms with E-state index in [1.165, 1.54) is 23.5 Å². The number of benzene rings is 1. The molecule has 20 heavy (non-hydrogen) atoms. The second-order valence-electron chi connectivity index (χ2n) is 4.37. The lowest BCUT2D eigenvalue weighted by molar-refractivity contribution is 0.0688. The minimum Gasteiger partial charge on any atom is -0.493 e. The van der Waals surface area contributed by atoms with Crippen molar-refractivity contribution in [3.63, 3.8) is 0 Å². The van der Waals surface area contributed by atoms with Crippen LogP contribution in [-0.4, -0.2) is 28.8 Å². The van der Waals surface area contributed by atoms with Gasteiger partial charge in [0, 0.05) is 22.4 Å². The number of hydrogen-bond acceptors (Lipinski definition) is 4. The first-order valence-corrected chi connectivity index (χ1v) is 6.74. The standard InChI is InChI=1S/C14H10O5S/c15-13(16)7-1-2-8-9-6-12(14(17)18)20-11(9)3-4-19-10(8)5-7/h1-2,5-6H,3-4H2,(H,15,16)(H,17,18). The highest BCUT2D eigenvalue weighted by Gasteiger charge is 2.21. The Kier molecular flexibility index (Phi) is 2.94. The van der Waals surface area contributed by atoms with Gasteiger partial charge < -0.3 is 14.9 Å². The Morgan fingerprint density at radius 3 is 2.60 bits per heavy atom. The van der Waals surface area contributed by atoms with E-state index in [1.807, 2.05) is 0 Å². The molecule has 6 heteroatoms. The van der Waals surface area contributed by atoms with Crippen LogP contribution in [0.4, 0.5) is 0 Å². The Balaban J connectivity index is 2.16. The van der Waals surface area contributed by atoms with E-state index in [0.29, 0.717) is 18.8 Å². The lowest BCUT2D eigenvalue weighted by atomic mass is 10.0. The normalized spacial score (nSPS) is 12.8. The third-order valence-electron chi connectivity index (χ3n) is 3.13. The number of thiophene rings is 1. The molecule has 0 amide bonds. The highest BCUT2D eigenvalue weighted by Crippen LogP contribution is 2.40. The maximum absolute atomic E-state index is 11.1. The van der Waals surface area contributed by atoms with E-state index >= 15 is 0 Å². The molecule has 0 bridgehead atoms. The van der Waals surface area contributed by atoms with Crippen LogP contribution >= 0.6 is 11.3 Å². The van der Waals surface area contributed by atoms with Crippen LogP contribution in [0.3, 0.4) is 0 Å². The SMILES string of the molecule is O=C(O)c1ccc2c(c1)OCCc1sc(C(=O)O)cc1-2. The Hall–Kier alpha value is -2.34. The quantitative estimate of drug-likeness (QED) is 0.888. The van der Waals surface area contributed by atoms with Crippen LogP contribution in [0.5, 0.6) is 5.75 Å². The predicted molar refractivity (Wildman–Crippen MR) is 72.9 cm³/mol. The molecule has 1 aromatic heterocycles. The fraction of sp³-hybridized carbons (Fsp3) is 0.143. The number of carboxylic acid groups (broad SMARTS) is 2. The number of carboxylic acids is 2. The van der Waals surface area contributed by atoms with Crippen molar-refractivity contribution in [3.05, 3.63) is 39.6 Å². The van der Waals surface area contributed by atoms with E-state index in [1.54, 1.807) is 12.1 Å². The molecule has 2 heterocycles. The Morgan fingerprint density at radius 1 is 1.10 bits per heavy atom. The molecular weight excluding hydrogens is 280 g/mol. The zero-order valence-electron chi connectivity index (χ0n) is 10.3. The number of rotatable bonds is 2. The van der Waals surface area contributed by atoms with Gasteiger partial charge in [-0.1, -0.05) is 0 Å². The van der Waals surface area contributed by atoms with Gasteiger partial charge in [0.15, 0.2) is 0 Å². The van der Waals surface area contributed by atoms with Crippen molar-refractivity contribution in [2.45, 2.75) is 6.42 Å². The molecule has 0 aliphatic carbocycles. The van der Waals surface area contributed by atoms with Crippen molar-refractivity contribution in [1.82, 2.24) is 0 Å². The maximum atomic E-state index is 11.1. The summed E-state index contributed by atoms with van der Waals surface area (Å²) >= 11 is 1.23. The first-order chi connectivity index (χ1) is 9.56. The van der Waals surface area contributed by atoms with Gasteiger partial charge in [-0.25, -0.2) is 9.59 Å². The van der Waals surface area contributed by atoms with Gasteiger partial charge in [-0.05, 0) is 24.3 Å². The van der Waals surface area contributed by atoms with E-state index in [4.69, 9.17) is 14.9 Å². The van der Waals surface area contributed by atoms with E-state index in [2.05, 4.69) is 0 Å². The zero-order chi connectivity index (χ0) is 14.3. The number of hydrogen-bond donors (Lipinski definition) is 2. The Bertz CT molecular complexity index is 716. The topological polar surface area (TPSA) is 83.8 Å². The van der Waals surface area contributed by atoms with E-state index in [-0.39, 0.29) is 10.4 Å². The lowest BCUT2D eigenvalue weighted by Gasteiger charge is -2.08. The van der Waals surface area contributed by atoms with Gasteiger partial charge in [0.2, 0.25) is 0 Å². The largest absolute Gasteiger partial charge is 0.493 e. The van der Waals surface area contributed by atoms with E-state index < -0.39 is 11.9 Å². The van der Waals surface area contributed by atoms with Crippen molar-refractivity contribution in [3.8, 4) is 16.9 Å². The van der Waals surface area contributed by atoms with E-state index in [0.717, 1.165) is 16.0 Å². The zero-order valence-corrected chi connectivity index (χ0v) is 11.1. The number of aromatic carboxylic acids is 2. The third-order valence-corrected chi connectivity index (χ3v) is 4.31. The van der Waals surface area contributed by atoms with Gasteiger partial charge >= 0.3 is 11.9 Å². The number of ether oxygens (including phenoxy) is 1. The fourth-order valence-electron chi connectivity index (χ4n) is 2.20. The van der Waals surface area contributed by atoms with Gasteiger partial charge in [-0.3, -0.25) is 0 Å². The van der Waals surface area contributed by atoms with Crippen LogP contribution in [0.25, 0.3) is 11.1 Å². The molecule has 0 spiro atoms. The molecule has 3 rings (SSSR count). The predicted octanol–water partition coefficient (Wildman–Crippen LogP) is 2.75. The first kappa shape index (κ1) is 12.7. The summed E-state index contributed by atoms with van der Waals surface area (Å²) in [4.78, 5) is 23.3. The summed E-state index contributed by atoms with van der Waals surface area (Å²) in [6.45, 7) is 0.405. The molecule has 0 radical (unpaired) electrons. The van der Waals surface area contributed by atoms with Crippen LogP contribution in [0.1, 0.15) is 24.9 Å². The summed E-state index contributed by atoms with van der Waals surface area (Å²) in [5, 5.41) is 18.1. The van der Waals surface area contributed by atoms with Crippen LogP contribution in [0.15, 0.2) is 24.3 Å². The minimum absolute atomic E-state index is 0.154. The van der Waals surface area contributed by atoms with Crippen molar-refractivity contribution in [2.24, 2.45) is 0 Å². The summed E-state index contributed by atoms with van der Waals surface area (Å²) < 4.78 is 5.58. The van der Waals surface area contributed by atoms with Gasteiger partial charge in [0.25, 0.3) is 0 Å². The molecule has 102 valence electrons. The highest BCUT2D eigenvalue weighted by atomic mass is 32.1. The molecule has 1 aliphatic rings. The highest BCUT2D eigenvalue weighted by molar-refractivity contribution is 7.14. The van der Waals surface area contributed by atoms with Gasteiger partial charge in [-0.2, -0.15) is 0 Å². The van der Waals surface area contributed by atoms with Crippen molar-refractivity contribution < 1.29 is 24.5 Å². The third kappa shape index (κ3) is 2.04. The molecule has 0 saturated carbocycles. The molecule has 1 aliphatic heterocycles. The maximum Gasteiger partial charge on any atom is 0.345 e. The first-order valence-electron chi connectivity index (χ1n) is 5.93. The lowest BCUT2D eigenvalue weighted by Crippen LogP contribution is -2.01. The summed E-state index contributed by atoms with van der Waals surface area (Å²) in [6, 6.07) is 6.26. The van der Waals surface area contributed by atoms with Gasteiger partial charge in [0.05, 0.1) is 12.2 Å². The average molecular weight is 290 g/mol. The molecule has 0 saturated heterocycles. The number of fused-ring (bicyclic) bond motifs is 3. The molecular formula is C14H10O5S. The summed E-state index contributed by atoms with van der Waals surface area (Å²) in [6.07, 6.45) is 0.615. The van der Waals surface area contributed by atoms with Crippen molar-refractivity contribution in [2.75, 3.05) is 6.61 Å². The van der Waals surface area contributed by atoms with Crippen LogP contribution in [0.2, 0.25) is 0 Å². The van der Waals surface area contributed by atoms with Crippen molar-refractivity contribution in [1.29, 1.82) is 0 Å². The van der Waals surface area contributed by atoms with E-state index in [9.17, 15) is 9.59 Å². The second-order valence-corrected chi connectivity index (χ2v) is 5.50. The van der Waals surface area contributed by atoms with Crippen molar-refractivity contribution >= 4 is 23.3 Å². The van der Waals surface area contributed by atoms with Crippen LogP contribution < -0.4 is 4.74 Å². The summed E-state index contributed by atoms with van der Waals surface area (Å²) in [7, 11) is 0. The van der Waals surface area contributed by atoms with Crippen LogP contribution in [0, 0.1) is 0 Å². The average Bonchev–Trinajstić information content (AvgIpc) is 2.76. The minimum atomic E-state index is -1.02. The molecule has 0 fully saturated rings. The molecule has 0 atom stereocenters. The second kappa shape index (κ2) is 4.64. The number of carbonyl (C=O) groups is 2. The Morgan fingerprint density at radius 2 is 1.90 bits per heavy atom. The molecule has 0 unspecified atom stereocenters. The Labute approximate surface area is 118 Å². The molecule has 5 nitrogen and oxygen atoms in total. The van der Waals surface area contributed by atoms with Gasteiger partial charge in [0.1, 0.15) is 10.6 Å². The monoisotopic (exact) mass is 290 g/mol. The molecule has 2 N–H and O–H groups in total. The smallest absolute Gasteiger partial charge is 0.345 e. The van der Waals surface area contributed by atoms with Gasteiger partial charge in [-0.15, -0.1) is 11.3 Å². The fourth-order valence-corrected chi connectivity index (χ4v) is 3.19. The van der Waals surface area contributed by atoms with Crippen LogP contribution in [-0.2, 0) is 6.42 Å². The summed E-state index contributed by atoms with van der Waals surface area (Å²) in [5.41, 5.74) is 1.71. The molecule has 1 aromatic carbocycles.